The average Bonchev–Trinajstić information content (AvgIpc) is 3.22. The van der Waals surface area contributed by atoms with Crippen molar-refractivity contribution in [1.29, 1.82) is 0 Å². The highest BCUT2D eigenvalue weighted by Gasteiger charge is 2.53. The summed E-state index contributed by atoms with van der Waals surface area (Å²) in [5, 5.41) is 0. The van der Waals surface area contributed by atoms with Crippen LogP contribution in [0.4, 0.5) is 0 Å². The van der Waals surface area contributed by atoms with Gasteiger partial charge in [-0.3, -0.25) is 9.69 Å². The summed E-state index contributed by atoms with van der Waals surface area (Å²) in [6.45, 7) is 0.764. The van der Waals surface area contributed by atoms with E-state index < -0.39 is 0 Å². The van der Waals surface area contributed by atoms with E-state index >= 15 is 0 Å². The average molecular weight is 267 g/mol. The lowest BCUT2D eigenvalue weighted by Crippen LogP contribution is -2.14. The Kier molecular flexibility index (Phi) is 3.52. The van der Waals surface area contributed by atoms with Gasteiger partial charge in [0.2, 0.25) is 0 Å². The number of hydrogen-bond donors (Lipinski definition) is 0. The second kappa shape index (κ2) is 5.47. The van der Waals surface area contributed by atoms with Crippen LogP contribution in [0.3, 0.4) is 0 Å². The molecule has 2 aromatic rings. The molecule has 0 saturated carbocycles. The van der Waals surface area contributed by atoms with Gasteiger partial charge in [0.25, 0.3) is 0 Å². The zero-order valence-electron chi connectivity index (χ0n) is 11.4. The van der Waals surface area contributed by atoms with Crippen molar-refractivity contribution in [3.63, 3.8) is 0 Å². The molecule has 0 aromatic heterocycles. The molecule has 3 rings (SSSR count). The fourth-order valence-electron chi connectivity index (χ4n) is 2.68. The van der Waals surface area contributed by atoms with E-state index in [9.17, 15) is 4.79 Å². The number of carbonyl (C=O) groups excluding carboxylic acids is 1. The SMILES string of the molecule is COC(=O)[C@H]1[C@@H](c2ccccc2)N1Cc1ccccc1. The van der Waals surface area contributed by atoms with Gasteiger partial charge >= 0.3 is 5.97 Å². The summed E-state index contributed by atoms with van der Waals surface area (Å²) in [7, 11) is 1.45. The van der Waals surface area contributed by atoms with E-state index in [1.165, 1.54) is 18.2 Å². The number of ether oxygens (including phenoxy) is 1. The molecule has 0 N–H and O–H groups in total. The normalized spacial score (nSPS) is 24.1. The quantitative estimate of drug-likeness (QED) is 0.630. The van der Waals surface area contributed by atoms with Crippen molar-refractivity contribution in [2.24, 2.45) is 0 Å². The summed E-state index contributed by atoms with van der Waals surface area (Å²) in [6, 6.07) is 20.3. The molecule has 0 amide bonds. The molecular weight excluding hydrogens is 250 g/mol. The summed E-state index contributed by atoms with van der Waals surface area (Å²) in [5.41, 5.74) is 2.37. The number of carbonyl (C=O) groups is 1. The lowest BCUT2D eigenvalue weighted by molar-refractivity contribution is -0.141. The monoisotopic (exact) mass is 267 g/mol. The molecule has 20 heavy (non-hydrogen) atoms. The molecule has 1 saturated heterocycles. The molecular formula is C17H17NO2. The van der Waals surface area contributed by atoms with E-state index in [0.717, 1.165) is 6.54 Å². The van der Waals surface area contributed by atoms with E-state index in [1.807, 2.05) is 36.4 Å². The number of benzene rings is 2. The van der Waals surface area contributed by atoms with Gasteiger partial charge in [-0.1, -0.05) is 60.7 Å². The van der Waals surface area contributed by atoms with Crippen LogP contribution in [-0.4, -0.2) is 24.0 Å². The summed E-state index contributed by atoms with van der Waals surface area (Å²) in [4.78, 5) is 14.1. The largest absolute Gasteiger partial charge is 0.468 e. The maximum atomic E-state index is 11.9. The zero-order chi connectivity index (χ0) is 13.9. The first kappa shape index (κ1) is 12.9. The van der Waals surface area contributed by atoms with Gasteiger partial charge in [-0.15, -0.1) is 0 Å². The predicted octanol–water partition coefficient (Wildman–Crippen LogP) is 2.79. The summed E-state index contributed by atoms with van der Waals surface area (Å²) in [5.74, 6) is -0.158. The molecule has 1 aliphatic rings. The fourth-order valence-corrected chi connectivity index (χ4v) is 2.68. The van der Waals surface area contributed by atoms with Crippen LogP contribution >= 0.6 is 0 Å². The van der Waals surface area contributed by atoms with Crippen molar-refractivity contribution >= 4 is 5.97 Å². The van der Waals surface area contributed by atoms with Gasteiger partial charge in [0, 0.05) is 6.54 Å². The van der Waals surface area contributed by atoms with E-state index in [0.29, 0.717) is 0 Å². The molecule has 1 aliphatic heterocycles. The van der Waals surface area contributed by atoms with Crippen molar-refractivity contribution in [3.8, 4) is 0 Å². The van der Waals surface area contributed by atoms with Crippen LogP contribution < -0.4 is 0 Å². The lowest BCUT2D eigenvalue weighted by Gasteiger charge is -2.04. The van der Waals surface area contributed by atoms with Crippen molar-refractivity contribution < 1.29 is 9.53 Å². The summed E-state index contributed by atoms with van der Waals surface area (Å²) >= 11 is 0. The Bertz CT molecular complexity index is 582. The molecule has 2 aromatic carbocycles. The molecule has 1 fully saturated rings. The molecule has 1 heterocycles. The molecule has 0 bridgehead atoms. The third-order valence-corrected chi connectivity index (χ3v) is 3.72. The van der Waals surface area contributed by atoms with Crippen LogP contribution in [0.1, 0.15) is 17.2 Å². The van der Waals surface area contributed by atoms with Gasteiger partial charge in [-0.2, -0.15) is 0 Å². The molecule has 3 heteroatoms. The predicted molar refractivity (Wildman–Crippen MR) is 77.0 cm³/mol. The molecule has 3 nitrogen and oxygen atoms in total. The Morgan fingerprint density at radius 3 is 2.25 bits per heavy atom. The van der Waals surface area contributed by atoms with Gasteiger partial charge in [-0.05, 0) is 11.1 Å². The molecule has 1 unspecified atom stereocenters. The molecule has 102 valence electrons. The smallest absolute Gasteiger partial charge is 0.325 e. The van der Waals surface area contributed by atoms with Gasteiger partial charge < -0.3 is 4.74 Å². The van der Waals surface area contributed by atoms with E-state index in [1.54, 1.807) is 0 Å². The van der Waals surface area contributed by atoms with Crippen LogP contribution in [0.2, 0.25) is 0 Å². The Hall–Kier alpha value is -2.13. The Morgan fingerprint density at radius 2 is 1.65 bits per heavy atom. The van der Waals surface area contributed by atoms with Gasteiger partial charge in [0.15, 0.2) is 0 Å². The van der Waals surface area contributed by atoms with Crippen molar-refractivity contribution in [2.75, 3.05) is 7.11 Å². The van der Waals surface area contributed by atoms with Gasteiger partial charge in [-0.25, -0.2) is 0 Å². The summed E-state index contributed by atoms with van der Waals surface area (Å²) < 4.78 is 4.91. The topological polar surface area (TPSA) is 29.3 Å². The highest BCUT2D eigenvalue weighted by Crippen LogP contribution is 2.44. The Balaban J connectivity index is 1.80. The maximum Gasteiger partial charge on any atom is 0.325 e. The van der Waals surface area contributed by atoms with Crippen molar-refractivity contribution in [3.05, 3.63) is 71.8 Å². The lowest BCUT2D eigenvalue weighted by atomic mass is 10.1. The minimum absolute atomic E-state index is 0.129. The number of nitrogens with zero attached hydrogens (tertiary/aromatic N) is 1. The first-order chi connectivity index (χ1) is 9.81. The zero-order valence-corrected chi connectivity index (χ0v) is 11.4. The number of esters is 1. The van der Waals surface area contributed by atoms with E-state index in [-0.39, 0.29) is 18.1 Å². The van der Waals surface area contributed by atoms with Crippen LogP contribution in [0.25, 0.3) is 0 Å². The molecule has 0 radical (unpaired) electrons. The molecule has 3 atom stereocenters. The number of rotatable bonds is 4. The third kappa shape index (κ3) is 2.45. The Morgan fingerprint density at radius 1 is 1.05 bits per heavy atom. The van der Waals surface area contributed by atoms with E-state index in [4.69, 9.17) is 4.74 Å². The second-order valence-electron chi connectivity index (χ2n) is 4.98. The van der Waals surface area contributed by atoms with Crippen LogP contribution in [0.15, 0.2) is 60.7 Å². The van der Waals surface area contributed by atoms with Gasteiger partial charge in [0.05, 0.1) is 13.2 Å². The number of methoxy groups -OCH3 is 1. The first-order valence-electron chi connectivity index (χ1n) is 6.73. The Labute approximate surface area is 118 Å². The second-order valence-corrected chi connectivity index (χ2v) is 4.98. The third-order valence-electron chi connectivity index (χ3n) is 3.72. The standard InChI is InChI=1S/C17H17NO2/c1-20-17(19)16-15(14-10-6-3-7-11-14)18(16)12-13-8-4-2-5-9-13/h2-11,15-16H,12H2,1H3/t15-,16-,18?/m1/s1. The van der Waals surface area contributed by atoms with E-state index in [2.05, 4.69) is 29.2 Å². The fraction of sp³-hybridized carbons (Fsp3) is 0.235. The van der Waals surface area contributed by atoms with Crippen LogP contribution in [-0.2, 0) is 16.1 Å². The highest BCUT2D eigenvalue weighted by molar-refractivity contribution is 5.80. The first-order valence-corrected chi connectivity index (χ1v) is 6.73. The number of hydrogen-bond acceptors (Lipinski definition) is 3. The van der Waals surface area contributed by atoms with Crippen LogP contribution in [0, 0.1) is 0 Å². The molecule has 0 aliphatic carbocycles. The van der Waals surface area contributed by atoms with Crippen molar-refractivity contribution in [2.45, 2.75) is 18.6 Å². The summed E-state index contributed by atoms with van der Waals surface area (Å²) in [6.07, 6.45) is 0. The highest BCUT2D eigenvalue weighted by atomic mass is 16.5. The van der Waals surface area contributed by atoms with Crippen LogP contribution in [0.5, 0.6) is 0 Å². The van der Waals surface area contributed by atoms with Crippen molar-refractivity contribution in [1.82, 2.24) is 4.90 Å². The minimum Gasteiger partial charge on any atom is -0.468 e. The van der Waals surface area contributed by atoms with Gasteiger partial charge in [0.1, 0.15) is 6.04 Å². The maximum absolute atomic E-state index is 11.9. The minimum atomic E-state index is -0.164. The molecule has 0 spiro atoms.